The maximum absolute atomic E-state index is 12.0. The summed E-state index contributed by atoms with van der Waals surface area (Å²) < 4.78 is 5.46. The highest BCUT2D eigenvalue weighted by atomic mass is 16.5. The van der Waals surface area contributed by atoms with E-state index in [0.717, 1.165) is 17.5 Å². The minimum atomic E-state index is 0.0335. The molecule has 0 fully saturated rings. The van der Waals surface area contributed by atoms with Gasteiger partial charge in [-0.05, 0) is 23.6 Å². The molecule has 0 saturated heterocycles. The summed E-state index contributed by atoms with van der Waals surface area (Å²) in [5.41, 5.74) is 2.99. The lowest BCUT2D eigenvalue weighted by atomic mass is 10.1. The monoisotopic (exact) mass is 254 g/mol. The molecule has 98 valence electrons. The molecule has 0 saturated carbocycles. The van der Waals surface area contributed by atoms with E-state index in [4.69, 9.17) is 4.74 Å². The van der Waals surface area contributed by atoms with Crippen LogP contribution in [0, 0.1) is 0 Å². The number of ether oxygens (including phenoxy) is 1. The third kappa shape index (κ3) is 4.04. The van der Waals surface area contributed by atoms with E-state index in [0.29, 0.717) is 6.61 Å². The molecule has 0 amide bonds. The van der Waals surface area contributed by atoms with E-state index in [2.05, 4.69) is 6.92 Å². The predicted molar refractivity (Wildman–Crippen MR) is 76.2 cm³/mol. The Kier molecular flexibility index (Phi) is 4.87. The van der Waals surface area contributed by atoms with Crippen molar-refractivity contribution in [1.29, 1.82) is 0 Å². The van der Waals surface area contributed by atoms with Gasteiger partial charge in [0.1, 0.15) is 6.61 Å². The predicted octanol–water partition coefficient (Wildman–Crippen LogP) is 3.65. The highest BCUT2D eigenvalue weighted by molar-refractivity contribution is 5.97. The lowest BCUT2D eigenvalue weighted by molar-refractivity contribution is 0.0726. The van der Waals surface area contributed by atoms with E-state index in [1.165, 1.54) is 5.56 Å². The van der Waals surface area contributed by atoms with Crippen molar-refractivity contribution >= 4 is 5.78 Å². The summed E-state index contributed by atoms with van der Waals surface area (Å²) in [6.45, 7) is 2.68. The largest absolute Gasteiger partial charge is 0.369 e. The highest BCUT2D eigenvalue weighted by Gasteiger charge is 2.06. The summed E-state index contributed by atoms with van der Waals surface area (Å²) in [6, 6.07) is 17.6. The fourth-order valence-electron chi connectivity index (χ4n) is 1.88. The molecular weight excluding hydrogens is 236 g/mol. The van der Waals surface area contributed by atoms with E-state index in [9.17, 15) is 4.79 Å². The Labute approximate surface area is 114 Å². The molecule has 0 bridgehead atoms. The van der Waals surface area contributed by atoms with Crippen LogP contribution in [0.4, 0.5) is 0 Å². The molecule has 2 aromatic carbocycles. The number of ketones is 1. The Morgan fingerprint density at radius 1 is 1.00 bits per heavy atom. The molecule has 0 aromatic heterocycles. The Hall–Kier alpha value is -1.93. The average molecular weight is 254 g/mol. The zero-order valence-corrected chi connectivity index (χ0v) is 11.1. The Morgan fingerprint density at radius 2 is 1.74 bits per heavy atom. The Morgan fingerprint density at radius 3 is 2.47 bits per heavy atom. The van der Waals surface area contributed by atoms with Crippen LogP contribution < -0.4 is 0 Å². The van der Waals surface area contributed by atoms with Gasteiger partial charge in [-0.25, -0.2) is 0 Å². The summed E-state index contributed by atoms with van der Waals surface area (Å²) in [5.74, 6) is 0.0335. The minimum absolute atomic E-state index is 0.0335. The zero-order valence-electron chi connectivity index (χ0n) is 11.1. The summed E-state index contributed by atoms with van der Waals surface area (Å²) in [5, 5.41) is 0. The van der Waals surface area contributed by atoms with E-state index < -0.39 is 0 Å². The van der Waals surface area contributed by atoms with Crippen molar-refractivity contribution in [3.63, 3.8) is 0 Å². The molecule has 0 aliphatic heterocycles. The molecule has 2 rings (SSSR count). The van der Waals surface area contributed by atoms with E-state index in [1.54, 1.807) is 0 Å². The van der Waals surface area contributed by atoms with Crippen LogP contribution in [-0.2, 0) is 17.8 Å². The first-order valence-corrected chi connectivity index (χ1v) is 6.53. The van der Waals surface area contributed by atoms with Gasteiger partial charge in [-0.1, -0.05) is 55.5 Å². The average Bonchev–Trinajstić information content (AvgIpc) is 2.48. The third-order valence-corrected chi connectivity index (χ3v) is 3.00. The fraction of sp³-hybridized carbons (Fsp3) is 0.235. The summed E-state index contributed by atoms with van der Waals surface area (Å²) in [6.07, 6.45) is 0.937. The van der Waals surface area contributed by atoms with Gasteiger partial charge in [0.2, 0.25) is 0 Å². The molecule has 2 heteroatoms. The van der Waals surface area contributed by atoms with E-state index in [-0.39, 0.29) is 12.4 Å². The molecule has 0 atom stereocenters. The molecule has 0 aliphatic carbocycles. The van der Waals surface area contributed by atoms with Crippen LogP contribution in [0.2, 0.25) is 0 Å². The number of hydrogen-bond acceptors (Lipinski definition) is 2. The molecule has 0 radical (unpaired) electrons. The maximum atomic E-state index is 12.0. The van der Waals surface area contributed by atoms with Gasteiger partial charge in [-0.2, -0.15) is 0 Å². The molecule has 0 aliphatic rings. The number of hydrogen-bond donors (Lipinski definition) is 0. The van der Waals surface area contributed by atoms with Crippen molar-refractivity contribution in [1.82, 2.24) is 0 Å². The van der Waals surface area contributed by atoms with Crippen LogP contribution in [0.3, 0.4) is 0 Å². The van der Waals surface area contributed by atoms with Crippen molar-refractivity contribution in [2.75, 3.05) is 6.61 Å². The normalized spacial score (nSPS) is 10.4. The Bertz CT molecular complexity index is 532. The smallest absolute Gasteiger partial charge is 0.188 e. The lowest BCUT2D eigenvalue weighted by Gasteiger charge is -2.05. The first-order valence-electron chi connectivity index (χ1n) is 6.53. The molecule has 0 unspecified atom stereocenters. The second kappa shape index (κ2) is 6.86. The van der Waals surface area contributed by atoms with Gasteiger partial charge in [0.05, 0.1) is 6.61 Å². The zero-order chi connectivity index (χ0) is 13.5. The van der Waals surface area contributed by atoms with Gasteiger partial charge in [0, 0.05) is 5.56 Å². The Balaban J connectivity index is 1.87. The molecule has 2 nitrogen and oxygen atoms in total. The number of Topliss-reactive ketones (excluding diaryl/α,β-unsaturated/α-hetero) is 1. The number of aryl methyl sites for hydroxylation is 1. The summed E-state index contributed by atoms with van der Waals surface area (Å²) in [4.78, 5) is 12.0. The molecule has 0 spiro atoms. The van der Waals surface area contributed by atoms with Gasteiger partial charge in [0.15, 0.2) is 5.78 Å². The van der Waals surface area contributed by atoms with Gasteiger partial charge < -0.3 is 4.74 Å². The van der Waals surface area contributed by atoms with Crippen LogP contribution in [0.15, 0.2) is 54.6 Å². The van der Waals surface area contributed by atoms with Gasteiger partial charge >= 0.3 is 0 Å². The first-order chi connectivity index (χ1) is 9.29. The molecule has 0 N–H and O–H groups in total. The first kappa shape index (κ1) is 13.5. The van der Waals surface area contributed by atoms with Crippen LogP contribution >= 0.6 is 0 Å². The summed E-state index contributed by atoms with van der Waals surface area (Å²) in [7, 11) is 0. The number of benzene rings is 2. The van der Waals surface area contributed by atoms with Gasteiger partial charge in [0.25, 0.3) is 0 Å². The van der Waals surface area contributed by atoms with Crippen molar-refractivity contribution in [2.24, 2.45) is 0 Å². The third-order valence-electron chi connectivity index (χ3n) is 3.00. The fourth-order valence-corrected chi connectivity index (χ4v) is 1.88. The topological polar surface area (TPSA) is 26.3 Å². The van der Waals surface area contributed by atoms with Crippen LogP contribution in [0.25, 0.3) is 0 Å². The second-order valence-corrected chi connectivity index (χ2v) is 4.46. The van der Waals surface area contributed by atoms with E-state index >= 15 is 0 Å². The maximum Gasteiger partial charge on any atom is 0.188 e. The second-order valence-electron chi connectivity index (χ2n) is 4.46. The SMILES string of the molecule is CCc1cccc(C(=O)COCc2ccccc2)c1. The van der Waals surface area contributed by atoms with Crippen molar-refractivity contribution < 1.29 is 9.53 Å². The van der Waals surface area contributed by atoms with Crippen molar-refractivity contribution in [3.05, 3.63) is 71.3 Å². The molecular formula is C17H18O2. The quantitative estimate of drug-likeness (QED) is 0.735. The summed E-state index contributed by atoms with van der Waals surface area (Å²) >= 11 is 0. The van der Waals surface area contributed by atoms with Crippen LogP contribution in [0.5, 0.6) is 0 Å². The van der Waals surface area contributed by atoms with Gasteiger partial charge in [-0.3, -0.25) is 4.79 Å². The van der Waals surface area contributed by atoms with Crippen LogP contribution in [0.1, 0.15) is 28.4 Å². The highest BCUT2D eigenvalue weighted by Crippen LogP contribution is 2.08. The lowest BCUT2D eigenvalue weighted by Crippen LogP contribution is -2.09. The van der Waals surface area contributed by atoms with Gasteiger partial charge in [-0.15, -0.1) is 0 Å². The van der Waals surface area contributed by atoms with Crippen molar-refractivity contribution in [3.8, 4) is 0 Å². The molecule has 19 heavy (non-hydrogen) atoms. The number of rotatable bonds is 6. The van der Waals surface area contributed by atoms with Crippen molar-refractivity contribution in [2.45, 2.75) is 20.0 Å². The molecule has 0 heterocycles. The number of carbonyl (C=O) groups is 1. The standard InChI is InChI=1S/C17H18O2/c1-2-14-9-6-10-16(11-14)17(18)13-19-12-15-7-4-3-5-8-15/h3-11H,2,12-13H2,1H3. The van der Waals surface area contributed by atoms with Crippen LogP contribution in [-0.4, -0.2) is 12.4 Å². The number of carbonyl (C=O) groups excluding carboxylic acids is 1. The van der Waals surface area contributed by atoms with E-state index in [1.807, 2.05) is 54.6 Å². The molecule has 2 aromatic rings. The minimum Gasteiger partial charge on any atom is -0.369 e.